The Kier molecular flexibility index (Phi) is 9.54. The van der Waals surface area contributed by atoms with Crippen molar-refractivity contribution >= 4 is 29.4 Å². The van der Waals surface area contributed by atoms with Crippen molar-refractivity contribution in [2.45, 2.75) is 18.9 Å². The Hall–Kier alpha value is -4.62. The molecule has 7 nitrogen and oxygen atoms in total. The molecule has 0 radical (unpaired) electrons. The molecule has 0 fully saturated rings. The van der Waals surface area contributed by atoms with E-state index in [2.05, 4.69) is 10.6 Å². The van der Waals surface area contributed by atoms with Crippen LogP contribution in [0.25, 0.3) is 11.1 Å². The molecule has 0 aromatic heterocycles. The first-order valence-corrected chi connectivity index (χ1v) is 13.1. The zero-order chi connectivity index (χ0) is 28.5. The van der Waals surface area contributed by atoms with E-state index in [-0.39, 0.29) is 5.91 Å². The normalized spacial score (nSPS) is 11.3. The molecule has 4 aromatic carbocycles. The smallest absolute Gasteiger partial charge is 0.394 e. The summed E-state index contributed by atoms with van der Waals surface area (Å²) in [6, 6.07) is 29.2. The van der Waals surface area contributed by atoms with Crippen LogP contribution < -0.4 is 15.4 Å². The number of carbonyl (C=O) groups excluding carboxylic acids is 2. The summed E-state index contributed by atoms with van der Waals surface area (Å²) in [6.45, 7) is 0.501. The number of benzene rings is 4. The van der Waals surface area contributed by atoms with Crippen LogP contribution in [0.15, 0.2) is 97.1 Å². The molecular weight excluding hydrogens is 528 g/mol. The van der Waals surface area contributed by atoms with E-state index in [0.29, 0.717) is 30.0 Å². The molecule has 1 unspecified atom stereocenters. The summed E-state index contributed by atoms with van der Waals surface area (Å²) in [5.41, 5.74) is 5.04. The van der Waals surface area contributed by atoms with Crippen LogP contribution in [-0.4, -0.2) is 36.5 Å². The molecule has 0 bridgehead atoms. The fraction of sp³-hybridized carbons (Fsp3) is 0.156. The number of carbonyl (C=O) groups is 3. The number of ether oxygens (including phenoxy) is 1. The topological polar surface area (TPSA) is 105 Å². The second kappa shape index (κ2) is 13.4. The minimum absolute atomic E-state index is 0.161. The predicted molar refractivity (Wildman–Crippen MR) is 155 cm³/mol. The molecule has 0 aliphatic carbocycles. The Bertz CT molecular complexity index is 1470. The first kappa shape index (κ1) is 28.4. The molecule has 4 aromatic rings. The van der Waals surface area contributed by atoms with Gasteiger partial charge in [-0.25, -0.2) is 4.79 Å². The van der Waals surface area contributed by atoms with Crippen molar-refractivity contribution in [3.63, 3.8) is 0 Å². The van der Waals surface area contributed by atoms with Crippen molar-refractivity contribution in [3.05, 3.63) is 124 Å². The Balaban J connectivity index is 1.44. The number of hydrogen-bond acceptors (Lipinski definition) is 4. The molecule has 0 aliphatic heterocycles. The van der Waals surface area contributed by atoms with Gasteiger partial charge in [0, 0.05) is 17.1 Å². The summed E-state index contributed by atoms with van der Waals surface area (Å²) < 4.78 is 5.18. The van der Waals surface area contributed by atoms with Gasteiger partial charge in [-0.15, -0.1) is 0 Å². The molecule has 0 aliphatic rings. The largest absolute Gasteiger partial charge is 0.497 e. The molecule has 204 valence electrons. The van der Waals surface area contributed by atoms with Gasteiger partial charge in [0.2, 0.25) is 0 Å². The SMILES string of the molecule is COc1ccc(CCNC(=O)c2cccc(-c3ccc(C(Cc4ccc(Cl)cc4)NC(=O)C(=O)O)cc3)c2)cc1. The lowest BCUT2D eigenvalue weighted by molar-refractivity contribution is -0.150. The average molecular weight is 557 g/mol. The molecule has 8 heteroatoms. The molecule has 0 heterocycles. The minimum Gasteiger partial charge on any atom is -0.497 e. The third-order valence-corrected chi connectivity index (χ3v) is 6.73. The second-order valence-electron chi connectivity index (χ2n) is 9.22. The van der Waals surface area contributed by atoms with Gasteiger partial charge in [0.05, 0.1) is 13.2 Å². The number of amides is 2. The number of halogens is 1. The van der Waals surface area contributed by atoms with Crippen LogP contribution in [0.2, 0.25) is 5.02 Å². The Morgan fingerprint density at radius 3 is 2.17 bits per heavy atom. The molecule has 4 rings (SSSR count). The first-order valence-electron chi connectivity index (χ1n) is 12.7. The number of hydrogen-bond donors (Lipinski definition) is 3. The maximum absolute atomic E-state index is 12.8. The lowest BCUT2D eigenvalue weighted by Crippen LogP contribution is -2.35. The third-order valence-electron chi connectivity index (χ3n) is 6.48. The van der Waals surface area contributed by atoms with Crippen LogP contribution in [-0.2, 0) is 22.4 Å². The molecule has 1 atom stereocenters. The van der Waals surface area contributed by atoms with E-state index in [1.807, 2.05) is 78.9 Å². The Labute approximate surface area is 237 Å². The van der Waals surface area contributed by atoms with Gasteiger partial charge >= 0.3 is 11.9 Å². The average Bonchev–Trinajstić information content (AvgIpc) is 2.98. The van der Waals surface area contributed by atoms with Gasteiger partial charge in [-0.3, -0.25) is 9.59 Å². The van der Waals surface area contributed by atoms with E-state index in [1.54, 1.807) is 25.3 Å². The highest BCUT2D eigenvalue weighted by Gasteiger charge is 2.20. The van der Waals surface area contributed by atoms with Gasteiger partial charge in [0.25, 0.3) is 5.91 Å². The molecule has 3 N–H and O–H groups in total. The van der Waals surface area contributed by atoms with E-state index in [0.717, 1.165) is 33.6 Å². The molecule has 0 saturated heterocycles. The lowest BCUT2D eigenvalue weighted by Gasteiger charge is -2.19. The highest BCUT2D eigenvalue weighted by Crippen LogP contribution is 2.25. The van der Waals surface area contributed by atoms with Gasteiger partial charge in [0.1, 0.15) is 5.75 Å². The maximum atomic E-state index is 12.8. The summed E-state index contributed by atoms with van der Waals surface area (Å²) in [4.78, 5) is 35.9. The lowest BCUT2D eigenvalue weighted by atomic mass is 9.95. The van der Waals surface area contributed by atoms with Crippen LogP contribution in [0, 0.1) is 0 Å². The molecular formula is C32H29ClN2O5. The van der Waals surface area contributed by atoms with Gasteiger partial charge < -0.3 is 20.5 Å². The molecule has 0 spiro atoms. The van der Waals surface area contributed by atoms with E-state index < -0.39 is 17.9 Å². The third kappa shape index (κ3) is 7.71. The zero-order valence-electron chi connectivity index (χ0n) is 21.9. The van der Waals surface area contributed by atoms with Gasteiger partial charge in [-0.1, -0.05) is 72.3 Å². The molecule has 2 amide bonds. The van der Waals surface area contributed by atoms with Crippen molar-refractivity contribution in [2.24, 2.45) is 0 Å². The Morgan fingerprint density at radius 1 is 0.850 bits per heavy atom. The molecule has 40 heavy (non-hydrogen) atoms. The van der Waals surface area contributed by atoms with Crippen molar-refractivity contribution in [3.8, 4) is 16.9 Å². The van der Waals surface area contributed by atoms with E-state index in [9.17, 15) is 14.4 Å². The number of rotatable bonds is 10. The predicted octanol–water partition coefficient (Wildman–Crippen LogP) is 5.47. The van der Waals surface area contributed by atoms with E-state index in [1.165, 1.54) is 0 Å². The second-order valence-corrected chi connectivity index (χ2v) is 9.66. The number of carboxylic acids is 1. The summed E-state index contributed by atoms with van der Waals surface area (Å²) in [7, 11) is 1.62. The number of aliphatic carboxylic acids is 1. The summed E-state index contributed by atoms with van der Waals surface area (Å²) >= 11 is 5.98. The standard InChI is InChI=1S/C32H29ClN2O5/c1-40-28-15-7-21(8-16-28)17-18-34-30(36)26-4-2-3-25(20-26)23-9-11-24(12-10-23)29(35-31(37)32(38)39)19-22-5-13-27(33)14-6-22/h2-16,20,29H,17-19H2,1H3,(H,34,36)(H,35,37)(H,38,39). The minimum atomic E-state index is -1.54. The van der Waals surface area contributed by atoms with E-state index in [4.69, 9.17) is 21.4 Å². The summed E-state index contributed by atoms with van der Waals surface area (Å²) in [6.07, 6.45) is 1.09. The van der Waals surface area contributed by atoms with Crippen molar-refractivity contribution in [1.82, 2.24) is 10.6 Å². The van der Waals surface area contributed by atoms with Crippen LogP contribution in [0.1, 0.15) is 33.1 Å². The van der Waals surface area contributed by atoms with Crippen LogP contribution in [0.3, 0.4) is 0 Å². The van der Waals surface area contributed by atoms with Crippen molar-refractivity contribution < 1.29 is 24.2 Å². The highest BCUT2D eigenvalue weighted by atomic mass is 35.5. The van der Waals surface area contributed by atoms with Gasteiger partial charge in [0.15, 0.2) is 0 Å². The van der Waals surface area contributed by atoms with Crippen LogP contribution in [0.5, 0.6) is 5.75 Å². The van der Waals surface area contributed by atoms with Crippen molar-refractivity contribution in [2.75, 3.05) is 13.7 Å². The fourth-order valence-corrected chi connectivity index (χ4v) is 4.42. The Morgan fingerprint density at radius 2 is 1.52 bits per heavy atom. The van der Waals surface area contributed by atoms with Crippen molar-refractivity contribution in [1.29, 1.82) is 0 Å². The monoisotopic (exact) mass is 556 g/mol. The van der Waals surface area contributed by atoms with Gasteiger partial charge in [-0.05, 0) is 77.1 Å². The fourth-order valence-electron chi connectivity index (χ4n) is 4.29. The summed E-state index contributed by atoms with van der Waals surface area (Å²) in [5.74, 6) is -1.99. The number of nitrogens with one attached hydrogen (secondary N) is 2. The van der Waals surface area contributed by atoms with Gasteiger partial charge in [-0.2, -0.15) is 0 Å². The maximum Gasteiger partial charge on any atom is 0.394 e. The zero-order valence-corrected chi connectivity index (χ0v) is 22.7. The first-order chi connectivity index (χ1) is 19.3. The summed E-state index contributed by atoms with van der Waals surface area (Å²) in [5, 5.41) is 15.3. The van der Waals surface area contributed by atoms with Crippen LogP contribution >= 0.6 is 11.6 Å². The van der Waals surface area contributed by atoms with E-state index >= 15 is 0 Å². The van der Waals surface area contributed by atoms with Crippen LogP contribution in [0.4, 0.5) is 0 Å². The highest BCUT2D eigenvalue weighted by molar-refractivity contribution is 6.31. The quantitative estimate of drug-likeness (QED) is 0.225. The number of carboxylic acid groups (broad SMARTS) is 1. The molecule has 0 saturated carbocycles. The number of methoxy groups -OCH3 is 1.